The van der Waals surface area contributed by atoms with E-state index in [9.17, 15) is 0 Å². The number of fused-ring (bicyclic) bond motifs is 1. The highest BCUT2D eigenvalue weighted by Crippen LogP contribution is 2.49. The molecule has 3 aromatic rings. The largest absolute Gasteiger partial charge is 0.459 e. The summed E-state index contributed by atoms with van der Waals surface area (Å²) in [4.78, 5) is 12.0. The highest BCUT2D eigenvalue weighted by Gasteiger charge is 2.46. The molecule has 2 aliphatic rings. The molecule has 3 unspecified atom stereocenters. The first-order chi connectivity index (χ1) is 14.2. The van der Waals surface area contributed by atoms with Crippen molar-refractivity contribution >= 4 is 40.1 Å². The van der Waals surface area contributed by atoms with E-state index < -0.39 is 0 Å². The molecule has 1 fully saturated rings. The average Bonchev–Trinajstić information content (AvgIpc) is 3.45. The standard InChI is InChI=1S/C22H19Cl2N3OS/c1-2-14-12-29-22-26-20(17-5-3-4-10-25-17)21(27(14)22)19-9-8-18(28-19)13-6-7-15(23)16(24)11-13/h3-11,14,20-21H,2,12H2,1H3. The lowest BCUT2D eigenvalue weighted by molar-refractivity contribution is 0.226. The van der Waals surface area contributed by atoms with Crippen LogP contribution in [0.3, 0.4) is 0 Å². The Morgan fingerprint density at radius 3 is 2.79 bits per heavy atom. The zero-order chi connectivity index (χ0) is 20.0. The first-order valence-corrected chi connectivity index (χ1v) is 11.3. The lowest BCUT2D eigenvalue weighted by Crippen LogP contribution is -2.35. The van der Waals surface area contributed by atoms with Gasteiger partial charge in [0.05, 0.1) is 15.7 Å². The summed E-state index contributed by atoms with van der Waals surface area (Å²) in [5, 5.41) is 2.14. The minimum absolute atomic E-state index is 0.00336. The van der Waals surface area contributed by atoms with Gasteiger partial charge in [0.25, 0.3) is 0 Å². The molecule has 1 saturated heterocycles. The van der Waals surface area contributed by atoms with Gasteiger partial charge in [-0.05, 0) is 48.9 Å². The predicted octanol–water partition coefficient (Wildman–Crippen LogP) is 6.63. The number of thioether (sulfide) groups is 1. The molecule has 7 heteroatoms. The van der Waals surface area contributed by atoms with Crippen molar-refractivity contribution in [2.45, 2.75) is 31.5 Å². The molecule has 4 nitrogen and oxygen atoms in total. The van der Waals surface area contributed by atoms with Crippen molar-refractivity contribution in [3.63, 3.8) is 0 Å². The molecular weight excluding hydrogens is 425 g/mol. The summed E-state index contributed by atoms with van der Waals surface area (Å²) in [5.74, 6) is 2.72. The number of halogens is 2. The second kappa shape index (κ2) is 7.71. The van der Waals surface area contributed by atoms with Gasteiger partial charge < -0.3 is 9.32 Å². The number of amidine groups is 1. The van der Waals surface area contributed by atoms with Crippen LogP contribution in [0, 0.1) is 0 Å². The van der Waals surface area contributed by atoms with Crippen LogP contribution < -0.4 is 0 Å². The van der Waals surface area contributed by atoms with Gasteiger partial charge in [-0.1, -0.05) is 48.0 Å². The molecule has 0 N–H and O–H groups in total. The van der Waals surface area contributed by atoms with E-state index in [1.165, 1.54) is 0 Å². The molecule has 3 atom stereocenters. The van der Waals surface area contributed by atoms with Gasteiger partial charge in [0, 0.05) is 23.6 Å². The molecule has 0 saturated carbocycles. The number of hydrogen-bond acceptors (Lipinski definition) is 5. The minimum atomic E-state index is -0.0825. The monoisotopic (exact) mass is 443 g/mol. The number of aromatic nitrogens is 1. The molecule has 0 amide bonds. The summed E-state index contributed by atoms with van der Waals surface area (Å²) in [6.07, 6.45) is 2.89. The first-order valence-electron chi connectivity index (χ1n) is 9.60. The van der Waals surface area contributed by atoms with Crippen LogP contribution in [0.2, 0.25) is 10.0 Å². The zero-order valence-electron chi connectivity index (χ0n) is 15.8. The summed E-state index contributed by atoms with van der Waals surface area (Å²) in [6.45, 7) is 2.22. The number of pyridine rings is 1. The van der Waals surface area contributed by atoms with Gasteiger partial charge in [-0.15, -0.1) is 0 Å². The predicted molar refractivity (Wildman–Crippen MR) is 120 cm³/mol. The van der Waals surface area contributed by atoms with E-state index in [0.29, 0.717) is 16.1 Å². The number of rotatable bonds is 4. The summed E-state index contributed by atoms with van der Waals surface area (Å²) >= 11 is 14.1. The quantitative estimate of drug-likeness (QED) is 0.453. The van der Waals surface area contributed by atoms with Crippen molar-refractivity contribution in [2.24, 2.45) is 4.99 Å². The van der Waals surface area contributed by atoms with Crippen molar-refractivity contribution in [3.05, 3.63) is 76.2 Å². The third-order valence-corrected chi connectivity index (χ3v) is 7.32. The molecule has 29 heavy (non-hydrogen) atoms. The van der Waals surface area contributed by atoms with E-state index in [0.717, 1.165) is 40.1 Å². The van der Waals surface area contributed by atoms with Crippen LogP contribution in [-0.2, 0) is 0 Å². The summed E-state index contributed by atoms with van der Waals surface area (Å²) in [7, 11) is 0. The van der Waals surface area contributed by atoms with Crippen LogP contribution >= 0.6 is 35.0 Å². The smallest absolute Gasteiger partial charge is 0.161 e. The van der Waals surface area contributed by atoms with Gasteiger partial charge in [-0.3, -0.25) is 4.98 Å². The van der Waals surface area contributed by atoms with Gasteiger partial charge in [-0.2, -0.15) is 0 Å². The van der Waals surface area contributed by atoms with Crippen LogP contribution in [0.1, 0.15) is 36.9 Å². The maximum atomic E-state index is 6.35. The van der Waals surface area contributed by atoms with Crippen LogP contribution in [0.25, 0.3) is 11.3 Å². The fraction of sp³-hybridized carbons (Fsp3) is 0.273. The number of aliphatic imine (C=N–C) groups is 1. The number of hydrogen-bond donors (Lipinski definition) is 0. The summed E-state index contributed by atoms with van der Waals surface area (Å²) in [5.41, 5.74) is 1.87. The Balaban J connectivity index is 1.55. The Labute approximate surface area is 183 Å². The van der Waals surface area contributed by atoms with E-state index in [1.54, 1.807) is 6.07 Å². The molecule has 0 aliphatic carbocycles. The second-order valence-corrected chi connectivity index (χ2v) is 8.97. The van der Waals surface area contributed by atoms with Gasteiger partial charge in [0.1, 0.15) is 23.6 Å². The molecule has 4 heterocycles. The van der Waals surface area contributed by atoms with Crippen molar-refractivity contribution in [3.8, 4) is 11.3 Å². The summed E-state index contributed by atoms with van der Waals surface area (Å²) in [6, 6.07) is 15.9. The van der Waals surface area contributed by atoms with Crippen molar-refractivity contribution in [2.75, 3.05) is 5.75 Å². The van der Waals surface area contributed by atoms with Crippen LogP contribution in [-0.4, -0.2) is 26.8 Å². The highest BCUT2D eigenvalue weighted by molar-refractivity contribution is 8.14. The average molecular weight is 444 g/mol. The molecule has 2 aliphatic heterocycles. The van der Waals surface area contributed by atoms with Crippen molar-refractivity contribution in [1.29, 1.82) is 0 Å². The minimum Gasteiger partial charge on any atom is -0.459 e. The Kier molecular flexibility index (Phi) is 5.06. The van der Waals surface area contributed by atoms with Gasteiger partial charge in [0.15, 0.2) is 5.17 Å². The highest BCUT2D eigenvalue weighted by atomic mass is 35.5. The molecule has 5 rings (SSSR count). The van der Waals surface area contributed by atoms with Gasteiger partial charge >= 0.3 is 0 Å². The fourth-order valence-electron chi connectivity index (χ4n) is 3.98. The van der Waals surface area contributed by atoms with Crippen LogP contribution in [0.15, 0.2) is 64.1 Å². The Bertz CT molecular complexity index is 1070. The van der Waals surface area contributed by atoms with Crippen LogP contribution in [0.5, 0.6) is 0 Å². The van der Waals surface area contributed by atoms with Gasteiger partial charge in [0.2, 0.25) is 0 Å². The molecule has 2 aromatic heterocycles. The lowest BCUT2D eigenvalue weighted by atomic mass is 10.0. The molecule has 148 valence electrons. The Hall–Kier alpha value is -1.95. The molecular formula is C22H19Cl2N3OS. The zero-order valence-corrected chi connectivity index (χ0v) is 18.1. The van der Waals surface area contributed by atoms with Gasteiger partial charge in [-0.25, -0.2) is 4.99 Å². The second-order valence-electron chi connectivity index (χ2n) is 7.17. The summed E-state index contributed by atoms with van der Waals surface area (Å²) < 4.78 is 6.35. The maximum Gasteiger partial charge on any atom is 0.161 e. The van der Waals surface area contributed by atoms with E-state index in [4.69, 9.17) is 32.6 Å². The van der Waals surface area contributed by atoms with E-state index >= 15 is 0 Å². The SMILES string of the molecule is CCC1CSC2=NC(c3ccccn3)C(c3ccc(-c4ccc(Cl)c(Cl)c4)o3)N21. The fourth-order valence-corrected chi connectivity index (χ4v) is 5.61. The van der Waals surface area contributed by atoms with Crippen LogP contribution in [0.4, 0.5) is 0 Å². The van der Waals surface area contributed by atoms with E-state index in [1.807, 2.05) is 60.4 Å². The Morgan fingerprint density at radius 2 is 2.03 bits per heavy atom. The maximum absolute atomic E-state index is 6.35. The molecule has 0 radical (unpaired) electrons. The van der Waals surface area contributed by atoms with Crippen molar-refractivity contribution in [1.82, 2.24) is 9.88 Å². The molecule has 0 spiro atoms. The number of benzene rings is 1. The topological polar surface area (TPSA) is 41.6 Å². The Morgan fingerprint density at radius 1 is 1.14 bits per heavy atom. The molecule has 1 aromatic carbocycles. The third-order valence-electron chi connectivity index (χ3n) is 5.45. The third kappa shape index (κ3) is 3.35. The van der Waals surface area contributed by atoms with E-state index in [2.05, 4.69) is 16.8 Å². The van der Waals surface area contributed by atoms with E-state index in [-0.39, 0.29) is 12.1 Å². The normalized spacial score (nSPS) is 23.3. The molecule has 0 bridgehead atoms. The number of furan rings is 1. The number of nitrogens with zero attached hydrogens (tertiary/aromatic N) is 3. The van der Waals surface area contributed by atoms with Crippen molar-refractivity contribution < 1.29 is 4.42 Å². The first kappa shape index (κ1) is 19.0. The lowest BCUT2D eigenvalue weighted by Gasteiger charge is -2.30.